The van der Waals surface area contributed by atoms with Crippen molar-refractivity contribution in [1.82, 2.24) is 10.9 Å². The molecule has 2 aliphatic rings. The molecule has 2 amide bonds. The molecule has 3 rings (SSSR count). The molecule has 5 heteroatoms. The number of hydrogen-bond acceptors (Lipinski definition) is 3. The van der Waals surface area contributed by atoms with Crippen LogP contribution in [-0.2, 0) is 4.79 Å². The molecule has 1 aromatic carbocycles. The average molecular weight is 274 g/mol. The predicted octanol–water partition coefficient (Wildman–Crippen LogP) is 1.59. The number of para-hydroxylation sites is 1. The second kappa shape index (κ2) is 5.15. The lowest BCUT2D eigenvalue weighted by Gasteiger charge is -2.20. The van der Waals surface area contributed by atoms with Gasteiger partial charge in [-0.1, -0.05) is 18.6 Å². The van der Waals surface area contributed by atoms with Gasteiger partial charge in [-0.05, 0) is 43.2 Å². The second-order valence-corrected chi connectivity index (χ2v) is 5.74. The van der Waals surface area contributed by atoms with Gasteiger partial charge in [-0.3, -0.25) is 20.4 Å². The van der Waals surface area contributed by atoms with Gasteiger partial charge in [0.1, 0.15) is 5.75 Å². The van der Waals surface area contributed by atoms with E-state index in [4.69, 9.17) is 0 Å². The Bertz CT molecular complexity index is 544. The zero-order chi connectivity index (χ0) is 14.1. The monoisotopic (exact) mass is 274 g/mol. The molecule has 0 aromatic heterocycles. The Kier molecular flexibility index (Phi) is 3.34. The standard InChI is InChI=1S/C15H18N2O3/c18-13-4-2-1-3-11(13)14(19)16-17-15(20)12-8-9-5-6-10(12)7-9/h1-4,9-10,12,18H,5-8H2,(H,16,19)(H,17,20)/t9-,10-,12+/m0/s1. The first-order valence-corrected chi connectivity index (χ1v) is 7.03. The normalized spacial score (nSPS) is 27.3. The van der Waals surface area contributed by atoms with Gasteiger partial charge in [0.05, 0.1) is 5.56 Å². The van der Waals surface area contributed by atoms with Crippen LogP contribution in [0.1, 0.15) is 36.0 Å². The molecule has 2 bridgehead atoms. The highest BCUT2D eigenvalue weighted by molar-refractivity contribution is 5.97. The lowest BCUT2D eigenvalue weighted by molar-refractivity contribution is -0.127. The van der Waals surface area contributed by atoms with Crippen LogP contribution in [0.3, 0.4) is 0 Å². The van der Waals surface area contributed by atoms with E-state index >= 15 is 0 Å². The van der Waals surface area contributed by atoms with Crippen LogP contribution >= 0.6 is 0 Å². The summed E-state index contributed by atoms with van der Waals surface area (Å²) in [5.41, 5.74) is 5.02. The molecule has 0 spiro atoms. The quantitative estimate of drug-likeness (QED) is 0.717. The van der Waals surface area contributed by atoms with Gasteiger partial charge in [0.25, 0.3) is 5.91 Å². The van der Waals surface area contributed by atoms with Crippen molar-refractivity contribution >= 4 is 11.8 Å². The number of aromatic hydroxyl groups is 1. The van der Waals surface area contributed by atoms with E-state index in [1.807, 2.05) is 0 Å². The third-order valence-corrected chi connectivity index (χ3v) is 4.52. The molecule has 0 unspecified atom stereocenters. The van der Waals surface area contributed by atoms with Crippen molar-refractivity contribution in [2.45, 2.75) is 25.7 Å². The Balaban J connectivity index is 1.56. The molecule has 20 heavy (non-hydrogen) atoms. The number of phenolic OH excluding ortho intramolecular Hbond substituents is 1. The molecule has 0 saturated heterocycles. The number of rotatable bonds is 2. The number of hydrazine groups is 1. The van der Waals surface area contributed by atoms with Crippen LogP contribution in [0.5, 0.6) is 5.75 Å². The van der Waals surface area contributed by atoms with E-state index in [1.165, 1.54) is 18.6 Å². The number of hydrogen-bond donors (Lipinski definition) is 3. The SMILES string of the molecule is O=C(NNC(=O)[C@@H]1C[C@H]2CC[C@H]1C2)c1ccccc1O. The van der Waals surface area contributed by atoms with E-state index in [0.29, 0.717) is 11.8 Å². The Morgan fingerprint density at radius 2 is 1.90 bits per heavy atom. The molecule has 2 saturated carbocycles. The fraction of sp³-hybridized carbons (Fsp3) is 0.467. The van der Waals surface area contributed by atoms with E-state index in [2.05, 4.69) is 10.9 Å². The molecule has 0 heterocycles. The number of carbonyl (C=O) groups excluding carboxylic acids is 2. The summed E-state index contributed by atoms with van der Waals surface area (Å²) in [7, 11) is 0. The molecule has 5 nitrogen and oxygen atoms in total. The topological polar surface area (TPSA) is 78.4 Å². The fourth-order valence-electron chi connectivity index (χ4n) is 3.51. The van der Waals surface area contributed by atoms with Crippen molar-refractivity contribution < 1.29 is 14.7 Å². The summed E-state index contributed by atoms with van der Waals surface area (Å²) in [6.07, 6.45) is 4.43. The lowest BCUT2D eigenvalue weighted by atomic mass is 9.88. The Morgan fingerprint density at radius 3 is 2.55 bits per heavy atom. The van der Waals surface area contributed by atoms with Gasteiger partial charge in [0, 0.05) is 5.92 Å². The molecule has 2 aliphatic carbocycles. The zero-order valence-electron chi connectivity index (χ0n) is 11.1. The molecule has 1 aromatic rings. The van der Waals surface area contributed by atoms with Crippen molar-refractivity contribution in [2.24, 2.45) is 17.8 Å². The highest BCUT2D eigenvalue weighted by atomic mass is 16.3. The first-order valence-electron chi connectivity index (χ1n) is 7.03. The lowest BCUT2D eigenvalue weighted by Crippen LogP contribution is -2.45. The number of phenols is 1. The summed E-state index contributed by atoms with van der Waals surface area (Å²) in [5.74, 6) is 0.477. The predicted molar refractivity (Wildman–Crippen MR) is 72.7 cm³/mol. The first kappa shape index (κ1) is 13.0. The van der Waals surface area contributed by atoms with Crippen LogP contribution in [0, 0.1) is 17.8 Å². The molecular weight excluding hydrogens is 256 g/mol. The minimum absolute atomic E-state index is 0.0263. The van der Waals surface area contributed by atoms with E-state index in [9.17, 15) is 14.7 Å². The maximum atomic E-state index is 12.1. The number of fused-ring (bicyclic) bond motifs is 2. The van der Waals surface area contributed by atoms with Crippen molar-refractivity contribution in [1.29, 1.82) is 0 Å². The highest BCUT2D eigenvalue weighted by Crippen LogP contribution is 2.48. The Labute approximate surface area is 117 Å². The van der Waals surface area contributed by atoms with E-state index < -0.39 is 5.91 Å². The van der Waals surface area contributed by atoms with Gasteiger partial charge in [-0.15, -0.1) is 0 Å². The van der Waals surface area contributed by atoms with E-state index in [-0.39, 0.29) is 23.1 Å². The number of benzene rings is 1. The maximum Gasteiger partial charge on any atom is 0.273 e. The van der Waals surface area contributed by atoms with Crippen molar-refractivity contribution in [2.75, 3.05) is 0 Å². The summed E-state index contributed by atoms with van der Waals surface area (Å²) >= 11 is 0. The maximum absolute atomic E-state index is 12.1. The third-order valence-electron chi connectivity index (χ3n) is 4.52. The minimum atomic E-state index is -0.500. The number of nitrogens with one attached hydrogen (secondary N) is 2. The summed E-state index contributed by atoms with van der Waals surface area (Å²) in [6, 6.07) is 6.24. The number of amides is 2. The zero-order valence-corrected chi connectivity index (χ0v) is 11.1. The van der Waals surface area contributed by atoms with Crippen LogP contribution in [0.15, 0.2) is 24.3 Å². The molecular formula is C15H18N2O3. The van der Waals surface area contributed by atoms with Crippen molar-refractivity contribution in [3.8, 4) is 5.75 Å². The van der Waals surface area contributed by atoms with Crippen LogP contribution in [-0.4, -0.2) is 16.9 Å². The number of carbonyl (C=O) groups is 2. The van der Waals surface area contributed by atoms with Crippen LogP contribution in [0.25, 0.3) is 0 Å². The van der Waals surface area contributed by atoms with Crippen LogP contribution < -0.4 is 10.9 Å². The molecule has 3 atom stereocenters. The summed E-state index contributed by atoms with van der Waals surface area (Å²) < 4.78 is 0. The fourth-order valence-corrected chi connectivity index (χ4v) is 3.51. The smallest absolute Gasteiger partial charge is 0.273 e. The average Bonchev–Trinajstić information content (AvgIpc) is 3.07. The van der Waals surface area contributed by atoms with Crippen LogP contribution in [0.2, 0.25) is 0 Å². The molecule has 0 radical (unpaired) electrons. The molecule has 0 aliphatic heterocycles. The van der Waals surface area contributed by atoms with Gasteiger partial charge in [-0.2, -0.15) is 0 Å². The van der Waals surface area contributed by atoms with Crippen molar-refractivity contribution in [3.05, 3.63) is 29.8 Å². The highest BCUT2D eigenvalue weighted by Gasteiger charge is 2.43. The van der Waals surface area contributed by atoms with Gasteiger partial charge >= 0.3 is 0 Å². The Morgan fingerprint density at radius 1 is 1.10 bits per heavy atom. The van der Waals surface area contributed by atoms with Crippen molar-refractivity contribution in [3.63, 3.8) is 0 Å². The van der Waals surface area contributed by atoms with Gasteiger partial charge in [0.15, 0.2) is 0 Å². The van der Waals surface area contributed by atoms with Gasteiger partial charge in [0.2, 0.25) is 5.91 Å². The van der Waals surface area contributed by atoms with Crippen LogP contribution in [0.4, 0.5) is 0 Å². The Hall–Kier alpha value is -2.04. The van der Waals surface area contributed by atoms with E-state index in [1.54, 1.807) is 12.1 Å². The van der Waals surface area contributed by atoms with E-state index in [0.717, 1.165) is 19.3 Å². The molecule has 3 N–H and O–H groups in total. The van der Waals surface area contributed by atoms with Gasteiger partial charge in [-0.25, -0.2) is 0 Å². The third kappa shape index (κ3) is 2.35. The summed E-state index contributed by atoms with van der Waals surface area (Å²) in [6.45, 7) is 0. The second-order valence-electron chi connectivity index (χ2n) is 5.74. The molecule has 106 valence electrons. The summed E-state index contributed by atoms with van der Waals surface area (Å²) in [4.78, 5) is 23.9. The first-order chi connectivity index (χ1) is 9.65. The van der Waals surface area contributed by atoms with Gasteiger partial charge < -0.3 is 5.11 Å². The minimum Gasteiger partial charge on any atom is -0.507 e. The largest absolute Gasteiger partial charge is 0.507 e. The summed E-state index contributed by atoms with van der Waals surface area (Å²) in [5, 5.41) is 9.57. The molecule has 2 fully saturated rings.